The molecule has 210 valence electrons. The molecule has 0 aliphatic carbocycles. The molecule has 1 aliphatic rings. The first kappa shape index (κ1) is 26.5. The van der Waals surface area contributed by atoms with Crippen LogP contribution in [-0.4, -0.2) is 46.4 Å². The molecular weight excluding hydrogens is 522 g/mol. The van der Waals surface area contributed by atoms with E-state index in [0.717, 1.165) is 34.6 Å². The summed E-state index contributed by atoms with van der Waals surface area (Å²) in [4.78, 5) is 23.3. The van der Waals surface area contributed by atoms with Crippen molar-refractivity contribution in [1.82, 2.24) is 19.5 Å². The molecule has 3 heterocycles. The number of methoxy groups -OCH3 is 2. The lowest BCUT2D eigenvalue weighted by Gasteiger charge is -2.37. The van der Waals surface area contributed by atoms with E-state index in [2.05, 4.69) is 27.1 Å². The van der Waals surface area contributed by atoms with E-state index in [1.807, 2.05) is 66.7 Å². The van der Waals surface area contributed by atoms with Gasteiger partial charge in [-0.2, -0.15) is 4.98 Å². The van der Waals surface area contributed by atoms with Gasteiger partial charge >= 0.3 is 0 Å². The Balaban J connectivity index is 1.35. The van der Waals surface area contributed by atoms with Gasteiger partial charge < -0.3 is 24.7 Å². The molecule has 0 radical (unpaired) electrons. The van der Waals surface area contributed by atoms with E-state index in [1.54, 1.807) is 25.1 Å². The molecule has 1 aliphatic heterocycles. The van der Waals surface area contributed by atoms with Gasteiger partial charge in [0, 0.05) is 0 Å². The lowest BCUT2D eigenvalue weighted by Crippen LogP contribution is -2.35. The summed E-state index contributed by atoms with van der Waals surface area (Å²) in [5.41, 5.74) is 7.97. The fourth-order valence-corrected chi connectivity index (χ4v) is 5.46. The van der Waals surface area contributed by atoms with Crippen LogP contribution in [0.15, 0.2) is 90.0 Å². The maximum atomic E-state index is 12.3. The summed E-state index contributed by atoms with van der Waals surface area (Å²) in [6.07, 6.45) is 2.46. The molecule has 10 nitrogen and oxygen atoms in total. The molecule has 3 aromatic carbocycles. The van der Waals surface area contributed by atoms with Crippen LogP contribution in [0.5, 0.6) is 11.5 Å². The van der Waals surface area contributed by atoms with Gasteiger partial charge in [-0.1, -0.05) is 54.6 Å². The van der Waals surface area contributed by atoms with Crippen molar-refractivity contribution in [3.05, 3.63) is 112 Å². The number of nitrogen functional groups attached to an aromatic ring is 1. The van der Waals surface area contributed by atoms with Gasteiger partial charge in [0.1, 0.15) is 23.3 Å². The number of nitrogens with two attached hydrogens (primary N) is 1. The molecule has 0 amide bonds. The Labute approximate surface area is 236 Å². The third kappa shape index (κ3) is 4.92. The van der Waals surface area contributed by atoms with E-state index in [0.29, 0.717) is 18.7 Å². The fourth-order valence-electron chi connectivity index (χ4n) is 5.46. The monoisotopic (exact) mass is 553 g/mol. The SMILES string of the molecule is COc1ccc(C(OC[C@@H]2CC[C@H](n3cnc4c(=O)[nH]c(N)nc43)O2)(c2ccccc2)c2ccc(OC)cc2)cc1. The van der Waals surface area contributed by atoms with Crippen LogP contribution in [0.25, 0.3) is 11.2 Å². The Morgan fingerprint density at radius 3 is 2.15 bits per heavy atom. The lowest BCUT2D eigenvalue weighted by molar-refractivity contribution is -0.0756. The number of aromatic amines is 1. The van der Waals surface area contributed by atoms with Crippen molar-refractivity contribution in [2.24, 2.45) is 0 Å². The normalized spacial score (nSPS) is 17.1. The molecule has 5 aromatic rings. The highest BCUT2D eigenvalue weighted by atomic mass is 16.6. The molecule has 0 spiro atoms. The van der Waals surface area contributed by atoms with Crippen molar-refractivity contribution in [3.63, 3.8) is 0 Å². The van der Waals surface area contributed by atoms with E-state index >= 15 is 0 Å². The van der Waals surface area contributed by atoms with Gasteiger partial charge in [-0.25, -0.2) is 4.98 Å². The smallest absolute Gasteiger partial charge is 0.280 e. The van der Waals surface area contributed by atoms with Gasteiger partial charge in [-0.3, -0.25) is 14.3 Å². The molecule has 1 saturated heterocycles. The van der Waals surface area contributed by atoms with Gasteiger partial charge in [0.25, 0.3) is 5.56 Å². The molecule has 41 heavy (non-hydrogen) atoms. The number of imidazole rings is 1. The summed E-state index contributed by atoms with van der Waals surface area (Å²) in [5, 5.41) is 0. The van der Waals surface area contributed by atoms with Crippen molar-refractivity contribution in [2.45, 2.75) is 30.8 Å². The number of ether oxygens (including phenoxy) is 4. The highest BCUT2D eigenvalue weighted by molar-refractivity contribution is 5.70. The van der Waals surface area contributed by atoms with Crippen LogP contribution in [0.2, 0.25) is 0 Å². The number of aromatic nitrogens is 4. The molecule has 0 unspecified atom stereocenters. The zero-order valence-electron chi connectivity index (χ0n) is 22.8. The first-order valence-electron chi connectivity index (χ1n) is 13.4. The van der Waals surface area contributed by atoms with E-state index in [-0.39, 0.29) is 29.4 Å². The fraction of sp³-hybridized carbons (Fsp3) is 0.258. The van der Waals surface area contributed by atoms with E-state index in [9.17, 15) is 4.79 Å². The number of benzene rings is 3. The molecule has 2 aromatic heterocycles. The summed E-state index contributed by atoms with van der Waals surface area (Å²) >= 11 is 0. The number of H-pyrrole nitrogens is 1. The zero-order chi connectivity index (χ0) is 28.4. The molecule has 10 heteroatoms. The molecule has 1 fully saturated rings. The summed E-state index contributed by atoms with van der Waals surface area (Å²) in [6, 6.07) is 26.0. The van der Waals surface area contributed by atoms with Gasteiger partial charge in [0.15, 0.2) is 11.2 Å². The van der Waals surface area contributed by atoms with Crippen LogP contribution in [0.3, 0.4) is 0 Å². The van der Waals surface area contributed by atoms with Gasteiger partial charge in [-0.15, -0.1) is 0 Å². The highest BCUT2D eigenvalue weighted by Crippen LogP contribution is 2.42. The minimum absolute atomic E-state index is 0.0359. The maximum absolute atomic E-state index is 12.3. The third-order valence-electron chi connectivity index (χ3n) is 7.51. The molecule has 3 N–H and O–H groups in total. The predicted molar refractivity (Wildman–Crippen MR) is 154 cm³/mol. The number of hydrogen-bond acceptors (Lipinski definition) is 8. The minimum atomic E-state index is -0.938. The molecule has 6 rings (SSSR count). The van der Waals surface area contributed by atoms with E-state index < -0.39 is 5.60 Å². The average molecular weight is 554 g/mol. The number of fused-ring (bicyclic) bond motifs is 1. The maximum Gasteiger partial charge on any atom is 0.280 e. The van der Waals surface area contributed by atoms with Crippen molar-refractivity contribution in [2.75, 3.05) is 26.6 Å². The minimum Gasteiger partial charge on any atom is -0.497 e. The van der Waals surface area contributed by atoms with Crippen molar-refractivity contribution in [3.8, 4) is 11.5 Å². The molecule has 2 atom stereocenters. The Kier molecular flexibility index (Phi) is 7.17. The summed E-state index contributed by atoms with van der Waals surface area (Å²) in [5.74, 6) is 1.55. The third-order valence-corrected chi connectivity index (χ3v) is 7.51. The van der Waals surface area contributed by atoms with E-state index in [4.69, 9.17) is 24.7 Å². The Morgan fingerprint density at radius 2 is 1.54 bits per heavy atom. The molecule has 0 saturated carbocycles. The first-order chi connectivity index (χ1) is 20.0. The predicted octanol–water partition coefficient (Wildman–Crippen LogP) is 4.41. The largest absolute Gasteiger partial charge is 0.497 e. The van der Waals surface area contributed by atoms with Gasteiger partial charge in [0.2, 0.25) is 5.95 Å². The van der Waals surface area contributed by atoms with Gasteiger partial charge in [-0.05, 0) is 53.8 Å². The van der Waals surface area contributed by atoms with Crippen LogP contribution in [0.1, 0.15) is 35.8 Å². The number of anilines is 1. The average Bonchev–Trinajstić information content (AvgIpc) is 3.66. The Morgan fingerprint density at radius 1 is 0.927 bits per heavy atom. The van der Waals surface area contributed by atoms with E-state index in [1.165, 1.54) is 0 Å². The summed E-state index contributed by atoms with van der Waals surface area (Å²) in [7, 11) is 3.30. The Bertz CT molecular complexity index is 1640. The number of nitrogens with one attached hydrogen (secondary N) is 1. The first-order valence-corrected chi connectivity index (χ1v) is 13.4. The van der Waals surface area contributed by atoms with Crippen molar-refractivity contribution >= 4 is 17.1 Å². The molecular formula is C31H31N5O5. The standard InChI is InChI=1S/C31H31N5O5/c1-38-23-12-8-21(9-13-23)31(20-6-4-3-5-7-20,22-10-14-24(39-2)15-11-22)40-18-25-16-17-26(41-25)36-19-33-27-28(36)34-30(32)35-29(27)37/h3-15,19,25-26H,16-18H2,1-2H3,(H3,32,34,35,37)/t25-,26+/m0/s1. The van der Waals surface area contributed by atoms with Crippen molar-refractivity contribution in [1.29, 1.82) is 0 Å². The zero-order valence-corrected chi connectivity index (χ0v) is 22.8. The van der Waals surface area contributed by atoms with Crippen LogP contribution in [-0.2, 0) is 15.1 Å². The second-order valence-electron chi connectivity index (χ2n) is 9.88. The van der Waals surface area contributed by atoms with Crippen LogP contribution < -0.4 is 20.8 Å². The van der Waals surface area contributed by atoms with Crippen LogP contribution in [0, 0.1) is 0 Å². The van der Waals surface area contributed by atoms with Crippen LogP contribution >= 0.6 is 0 Å². The number of hydrogen-bond donors (Lipinski definition) is 2. The number of rotatable bonds is 9. The summed E-state index contributed by atoms with van der Waals surface area (Å²) in [6.45, 7) is 0.312. The van der Waals surface area contributed by atoms with Gasteiger partial charge in [0.05, 0.1) is 33.3 Å². The quantitative estimate of drug-likeness (QED) is 0.257. The lowest BCUT2D eigenvalue weighted by atomic mass is 9.80. The molecule has 0 bridgehead atoms. The number of nitrogens with zero attached hydrogens (tertiary/aromatic N) is 3. The summed E-state index contributed by atoms with van der Waals surface area (Å²) < 4.78 is 26.1. The second-order valence-corrected chi connectivity index (χ2v) is 9.88. The Hall–Kier alpha value is -4.67. The highest BCUT2D eigenvalue weighted by Gasteiger charge is 2.40. The van der Waals surface area contributed by atoms with Crippen molar-refractivity contribution < 1.29 is 18.9 Å². The second kappa shape index (κ2) is 11.1. The van der Waals surface area contributed by atoms with Crippen LogP contribution in [0.4, 0.5) is 5.95 Å². The topological polar surface area (TPSA) is 127 Å².